The van der Waals surface area contributed by atoms with Gasteiger partial charge in [-0.15, -0.1) is 0 Å². The quantitative estimate of drug-likeness (QED) is 0.801. The number of amides is 1. The molecule has 18 heavy (non-hydrogen) atoms. The van der Waals surface area contributed by atoms with E-state index in [1.165, 1.54) is 32.1 Å². The molecule has 1 unspecified atom stereocenters. The van der Waals surface area contributed by atoms with Crippen molar-refractivity contribution in [2.75, 3.05) is 20.3 Å². The second kappa shape index (κ2) is 6.53. The predicted molar refractivity (Wildman–Crippen MR) is 71.5 cm³/mol. The zero-order chi connectivity index (χ0) is 12.8. The molecule has 2 N–H and O–H groups in total. The average molecular weight is 254 g/mol. The van der Waals surface area contributed by atoms with E-state index in [4.69, 9.17) is 4.74 Å². The van der Waals surface area contributed by atoms with Gasteiger partial charge in [0.05, 0.1) is 6.61 Å². The fraction of sp³-hybridized carbons (Fsp3) is 0.929. The van der Waals surface area contributed by atoms with Gasteiger partial charge in [-0.25, -0.2) is 0 Å². The van der Waals surface area contributed by atoms with Gasteiger partial charge in [0, 0.05) is 25.1 Å². The molecule has 1 saturated heterocycles. The Kier molecular flexibility index (Phi) is 5.01. The minimum atomic E-state index is 0.134. The molecule has 4 heteroatoms. The van der Waals surface area contributed by atoms with Crippen molar-refractivity contribution in [2.24, 2.45) is 0 Å². The maximum absolute atomic E-state index is 11.7. The molecule has 0 bridgehead atoms. The number of ether oxygens (including phenoxy) is 1. The number of hydrogen-bond acceptors (Lipinski definition) is 3. The molecule has 1 spiro atoms. The highest BCUT2D eigenvalue weighted by atomic mass is 16.5. The summed E-state index contributed by atoms with van der Waals surface area (Å²) in [6.45, 7) is 1.55. The van der Waals surface area contributed by atoms with Crippen molar-refractivity contribution >= 4 is 5.91 Å². The number of nitrogens with one attached hydrogen (secondary N) is 2. The van der Waals surface area contributed by atoms with Gasteiger partial charge in [0.1, 0.15) is 0 Å². The van der Waals surface area contributed by atoms with Gasteiger partial charge in [-0.3, -0.25) is 4.79 Å². The van der Waals surface area contributed by atoms with Crippen LogP contribution in [-0.4, -0.2) is 37.7 Å². The van der Waals surface area contributed by atoms with Crippen LogP contribution >= 0.6 is 0 Å². The molecule has 1 amide bonds. The van der Waals surface area contributed by atoms with Crippen molar-refractivity contribution in [3.05, 3.63) is 0 Å². The first-order valence-corrected chi connectivity index (χ1v) is 7.27. The minimum absolute atomic E-state index is 0.134. The first-order chi connectivity index (χ1) is 8.74. The SMILES string of the molecule is COCCC(=O)NC1CCNC2(CCCCC2)C1. The zero-order valence-electron chi connectivity index (χ0n) is 11.5. The number of methoxy groups -OCH3 is 1. The van der Waals surface area contributed by atoms with Crippen LogP contribution in [0.5, 0.6) is 0 Å². The third-order valence-electron chi connectivity index (χ3n) is 4.34. The van der Waals surface area contributed by atoms with Crippen molar-refractivity contribution in [1.82, 2.24) is 10.6 Å². The second-order valence-electron chi connectivity index (χ2n) is 5.77. The average Bonchev–Trinajstić information content (AvgIpc) is 2.37. The van der Waals surface area contributed by atoms with E-state index in [2.05, 4.69) is 10.6 Å². The van der Waals surface area contributed by atoms with Gasteiger partial charge in [0.2, 0.25) is 5.91 Å². The molecule has 0 radical (unpaired) electrons. The fourth-order valence-corrected chi connectivity index (χ4v) is 3.38. The Bertz CT molecular complexity index is 269. The van der Waals surface area contributed by atoms with Gasteiger partial charge in [0.15, 0.2) is 0 Å². The zero-order valence-corrected chi connectivity index (χ0v) is 11.5. The van der Waals surface area contributed by atoms with Crippen LogP contribution in [0.25, 0.3) is 0 Å². The van der Waals surface area contributed by atoms with E-state index >= 15 is 0 Å². The van der Waals surface area contributed by atoms with Gasteiger partial charge >= 0.3 is 0 Å². The molecule has 1 saturated carbocycles. The van der Waals surface area contributed by atoms with Crippen LogP contribution in [0.1, 0.15) is 51.4 Å². The topological polar surface area (TPSA) is 50.4 Å². The van der Waals surface area contributed by atoms with Crippen LogP contribution < -0.4 is 10.6 Å². The number of rotatable bonds is 4. The van der Waals surface area contributed by atoms with E-state index in [1.54, 1.807) is 7.11 Å². The van der Waals surface area contributed by atoms with E-state index < -0.39 is 0 Å². The predicted octanol–water partition coefficient (Wildman–Crippen LogP) is 1.59. The smallest absolute Gasteiger partial charge is 0.222 e. The van der Waals surface area contributed by atoms with Crippen molar-refractivity contribution in [1.29, 1.82) is 0 Å². The summed E-state index contributed by atoms with van der Waals surface area (Å²) in [5.41, 5.74) is 0.315. The highest BCUT2D eigenvalue weighted by molar-refractivity contribution is 5.76. The van der Waals surface area contributed by atoms with E-state index in [9.17, 15) is 4.79 Å². The number of hydrogen-bond donors (Lipinski definition) is 2. The van der Waals surface area contributed by atoms with Crippen LogP contribution in [0, 0.1) is 0 Å². The summed E-state index contributed by atoms with van der Waals surface area (Å²) in [4.78, 5) is 11.7. The van der Waals surface area contributed by atoms with E-state index in [0.29, 0.717) is 24.6 Å². The van der Waals surface area contributed by atoms with Crippen LogP contribution in [0.3, 0.4) is 0 Å². The third-order valence-corrected chi connectivity index (χ3v) is 4.34. The molecule has 1 aliphatic carbocycles. The minimum Gasteiger partial charge on any atom is -0.384 e. The highest BCUT2D eigenvalue weighted by Crippen LogP contribution is 2.34. The van der Waals surface area contributed by atoms with Crippen molar-refractivity contribution in [2.45, 2.75) is 62.9 Å². The van der Waals surface area contributed by atoms with Crippen LogP contribution in [0.15, 0.2) is 0 Å². The van der Waals surface area contributed by atoms with Gasteiger partial charge in [-0.05, 0) is 32.2 Å². The Labute approximate surface area is 110 Å². The summed E-state index contributed by atoms with van der Waals surface area (Å²) in [6.07, 6.45) is 9.22. The van der Waals surface area contributed by atoms with E-state index in [0.717, 1.165) is 19.4 Å². The molecule has 2 fully saturated rings. The normalized spacial score (nSPS) is 27.1. The second-order valence-corrected chi connectivity index (χ2v) is 5.77. The number of carbonyl (C=O) groups excluding carboxylic acids is 1. The van der Waals surface area contributed by atoms with Crippen LogP contribution in [0.2, 0.25) is 0 Å². The summed E-state index contributed by atoms with van der Waals surface area (Å²) >= 11 is 0. The monoisotopic (exact) mass is 254 g/mol. The lowest BCUT2D eigenvalue weighted by Crippen LogP contribution is -2.57. The molecule has 104 valence electrons. The van der Waals surface area contributed by atoms with E-state index in [1.807, 2.05) is 0 Å². The lowest BCUT2D eigenvalue weighted by molar-refractivity contribution is -0.123. The van der Waals surface area contributed by atoms with Crippen molar-refractivity contribution in [3.8, 4) is 0 Å². The Balaban J connectivity index is 1.80. The summed E-state index contributed by atoms with van der Waals surface area (Å²) in [5.74, 6) is 0.134. The van der Waals surface area contributed by atoms with Gasteiger partial charge < -0.3 is 15.4 Å². The maximum atomic E-state index is 11.7. The Morgan fingerprint density at radius 2 is 2.17 bits per heavy atom. The largest absolute Gasteiger partial charge is 0.384 e. The molecular weight excluding hydrogens is 228 g/mol. The Morgan fingerprint density at radius 3 is 2.89 bits per heavy atom. The maximum Gasteiger partial charge on any atom is 0.222 e. The molecule has 1 atom stereocenters. The molecule has 1 aliphatic heterocycles. The molecule has 2 rings (SSSR count). The van der Waals surface area contributed by atoms with Crippen LogP contribution in [0.4, 0.5) is 0 Å². The van der Waals surface area contributed by atoms with Crippen molar-refractivity contribution in [3.63, 3.8) is 0 Å². The summed E-state index contributed by atoms with van der Waals surface area (Å²) in [5, 5.41) is 6.87. The first-order valence-electron chi connectivity index (χ1n) is 7.27. The molecule has 0 aromatic rings. The first kappa shape index (κ1) is 13.8. The summed E-state index contributed by atoms with van der Waals surface area (Å²) in [7, 11) is 1.63. The lowest BCUT2D eigenvalue weighted by Gasteiger charge is -2.44. The van der Waals surface area contributed by atoms with Crippen molar-refractivity contribution < 1.29 is 9.53 Å². The number of piperidine rings is 1. The molecule has 1 heterocycles. The third kappa shape index (κ3) is 3.69. The Morgan fingerprint density at radius 1 is 1.39 bits per heavy atom. The Hall–Kier alpha value is -0.610. The lowest BCUT2D eigenvalue weighted by atomic mass is 9.75. The molecular formula is C14H26N2O2. The van der Waals surface area contributed by atoms with Gasteiger partial charge in [-0.1, -0.05) is 19.3 Å². The summed E-state index contributed by atoms with van der Waals surface area (Å²) < 4.78 is 4.94. The standard InChI is InChI=1S/C14H26N2O2/c1-18-10-6-13(17)16-12-5-9-15-14(11-12)7-3-2-4-8-14/h12,15H,2-11H2,1H3,(H,16,17). The molecule has 0 aromatic carbocycles. The van der Waals surface area contributed by atoms with E-state index in [-0.39, 0.29) is 5.91 Å². The number of carbonyl (C=O) groups is 1. The highest BCUT2D eigenvalue weighted by Gasteiger charge is 2.37. The molecule has 0 aromatic heterocycles. The summed E-state index contributed by atoms with van der Waals surface area (Å²) in [6, 6.07) is 0.355. The fourth-order valence-electron chi connectivity index (χ4n) is 3.38. The van der Waals surface area contributed by atoms with Crippen LogP contribution in [-0.2, 0) is 9.53 Å². The van der Waals surface area contributed by atoms with Gasteiger partial charge in [-0.2, -0.15) is 0 Å². The molecule has 2 aliphatic rings. The van der Waals surface area contributed by atoms with Gasteiger partial charge in [0.25, 0.3) is 0 Å². The molecule has 4 nitrogen and oxygen atoms in total.